The number of hydrogen-bond donors (Lipinski definition) is 0. The monoisotopic (exact) mass is 396 g/mol. The van der Waals surface area contributed by atoms with Crippen LogP contribution in [-0.4, -0.2) is 23.4 Å². The quantitative estimate of drug-likeness (QED) is 0.546. The number of pyridine rings is 2. The lowest BCUT2D eigenvalue weighted by molar-refractivity contribution is 0.733. The van der Waals surface area contributed by atoms with Crippen molar-refractivity contribution in [3.63, 3.8) is 0 Å². The second-order valence-corrected chi connectivity index (χ2v) is 10.5. The fraction of sp³-hybridized carbons (Fsp3) is 0.385. The van der Waals surface area contributed by atoms with E-state index in [-0.39, 0.29) is 10.6 Å². The van der Waals surface area contributed by atoms with Crippen molar-refractivity contribution in [3.05, 3.63) is 84.2 Å². The van der Waals surface area contributed by atoms with Crippen LogP contribution < -0.4 is 11.2 Å². The van der Waals surface area contributed by atoms with Gasteiger partial charge in [0, 0.05) is 23.6 Å². The van der Waals surface area contributed by atoms with Crippen LogP contribution in [0.3, 0.4) is 0 Å². The Bertz CT molecular complexity index is 850. The van der Waals surface area contributed by atoms with Gasteiger partial charge in [0.05, 0.1) is 0 Å². The Kier molecular flexibility index (Phi) is 6.85. The summed E-state index contributed by atoms with van der Waals surface area (Å²) in [5.74, 6) is 0. The van der Waals surface area contributed by atoms with Gasteiger partial charge >= 0.3 is 0 Å². The van der Waals surface area contributed by atoms with Gasteiger partial charge in [0.25, 0.3) is 0 Å². The van der Waals surface area contributed by atoms with Gasteiger partial charge in [-0.15, -0.1) is 0 Å². The van der Waals surface area contributed by atoms with Crippen molar-refractivity contribution in [2.24, 2.45) is 0 Å². The first-order chi connectivity index (χ1) is 14.2. The smallest absolute Gasteiger partial charge is 0.210 e. The van der Waals surface area contributed by atoms with Gasteiger partial charge in [-0.3, -0.25) is 9.97 Å². The average Bonchev–Trinajstić information content (AvgIpc) is 2.70. The predicted octanol–water partition coefficient (Wildman–Crippen LogP) is 5.04. The van der Waals surface area contributed by atoms with Crippen molar-refractivity contribution in [2.45, 2.75) is 64.8 Å². The van der Waals surface area contributed by atoms with Crippen LogP contribution in [0, 0.1) is 0 Å². The molecule has 30 heavy (non-hydrogen) atoms. The standard InChI is InChI=1S/C26H34B2N2/c1-25(2,3)27(23-15-9-11-17-29-23)19-21-13-7-8-14-22(21)20-28(26(4,5)6)24-16-10-12-18-30-24/h7-18H,19-20H2,1-6H3. The van der Waals surface area contributed by atoms with Crippen LogP contribution in [0.4, 0.5) is 0 Å². The summed E-state index contributed by atoms with van der Waals surface area (Å²) in [4.78, 5) is 9.42. The topological polar surface area (TPSA) is 25.8 Å². The van der Waals surface area contributed by atoms with E-state index in [1.54, 1.807) is 0 Å². The van der Waals surface area contributed by atoms with E-state index < -0.39 is 0 Å². The number of nitrogens with zero attached hydrogens (tertiary/aromatic N) is 2. The highest BCUT2D eigenvalue weighted by Gasteiger charge is 2.35. The number of benzene rings is 1. The van der Waals surface area contributed by atoms with Crippen LogP contribution in [0.25, 0.3) is 0 Å². The molecule has 0 atom stereocenters. The molecule has 1 aromatic carbocycles. The van der Waals surface area contributed by atoms with Gasteiger partial charge in [-0.05, 0) is 36.9 Å². The SMILES string of the molecule is CC(C)(C)B(Cc1ccccc1CB(c1ccccn1)C(C)(C)C)c1ccccn1. The highest BCUT2D eigenvalue weighted by atomic mass is 14.6. The lowest BCUT2D eigenvalue weighted by atomic mass is 9.29. The molecule has 0 aliphatic carbocycles. The summed E-state index contributed by atoms with van der Waals surface area (Å²) in [6.07, 6.45) is 5.82. The molecule has 0 aliphatic heterocycles. The second kappa shape index (κ2) is 9.20. The van der Waals surface area contributed by atoms with E-state index in [1.165, 1.54) is 22.3 Å². The van der Waals surface area contributed by atoms with Crippen molar-refractivity contribution >= 4 is 24.6 Å². The first-order valence-corrected chi connectivity index (χ1v) is 11.0. The van der Waals surface area contributed by atoms with E-state index in [0.717, 1.165) is 12.6 Å². The number of rotatable bonds is 6. The zero-order chi connectivity index (χ0) is 21.8. The summed E-state index contributed by atoms with van der Waals surface area (Å²) in [5, 5.41) is 0.262. The van der Waals surface area contributed by atoms with Crippen molar-refractivity contribution < 1.29 is 0 Å². The van der Waals surface area contributed by atoms with Gasteiger partial charge < -0.3 is 0 Å². The molecule has 0 fully saturated rings. The Labute approximate surface area is 183 Å². The molecule has 2 heterocycles. The predicted molar refractivity (Wildman–Crippen MR) is 133 cm³/mol. The molecule has 2 nitrogen and oxygen atoms in total. The van der Waals surface area contributed by atoms with Gasteiger partial charge in [-0.25, -0.2) is 0 Å². The van der Waals surface area contributed by atoms with Crippen LogP contribution in [0.1, 0.15) is 52.7 Å². The van der Waals surface area contributed by atoms with Crippen LogP contribution in [-0.2, 0) is 12.6 Å². The average molecular weight is 396 g/mol. The lowest BCUT2D eigenvalue weighted by Gasteiger charge is -2.30. The maximum Gasteiger partial charge on any atom is 0.210 e. The Morgan fingerprint density at radius 1 is 0.567 bits per heavy atom. The van der Waals surface area contributed by atoms with Crippen LogP contribution in [0.15, 0.2) is 73.1 Å². The normalized spacial score (nSPS) is 11.9. The Morgan fingerprint density at radius 3 is 1.23 bits per heavy atom. The number of hydrogen-bond acceptors (Lipinski definition) is 2. The second-order valence-electron chi connectivity index (χ2n) is 10.5. The maximum atomic E-state index is 4.71. The molecule has 3 rings (SSSR count). The van der Waals surface area contributed by atoms with Gasteiger partial charge in [0.15, 0.2) is 0 Å². The molecule has 154 valence electrons. The number of aromatic nitrogens is 2. The molecular weight excluding hydrogens is 362 g/mol. The highest BCUT2D eigenvalue weighted by molar-refractivity contribution is 6.75. The van der Waals surface area contributed by atoms with Crippen molar-refractivity contribution in [2.75, 3.05) is 0 Å². The largest absolute Gasteiger partial charge is 0.271 e. The van der Waals surface area contributed by atoms with E-state index in [0.29, 0.717) is 13.4 Å². The van der Waals surface area contributed by atoms with Crippen LogP contribution in [0.5, 0.6) is 0 Å². The summed E-state index contributed by atoms with van der Waals surface area (Å²) >= 11 is 0. The third-order valence-corrected chi connectivity index (χ3v) is 6.15. The van der Waals surface area contributed by atoms with Crippen LogP contribution in [0.2, 0.25) is 10.6 Å². The third-order valence-electron chi connectivity index (χ3n) is 6.15. The molecule has 3 aromatic rings. The fourth-order valence-corrected chi connectivity index (χ4v) is 4.27. The maximum absolute atomic E-state index is 4.71. The van der Waals surface area contributed by atoms with Gasteiger partial charge in [0.1, 0.15) is 0 Å². The minimum absolute atomic E-state index is 0.131. The highest BCUT2D eigenvalue weighted by Crippen LogP contribution is 2.32. The van der Waals surface area contributed by atoms with E-state index >= 15 is 0 Å². The van der Waals surface area contributed by atoms with Crippen LogP contribution >= 0.6 is 0 Å². The zero-order valence-electron chi connectivity index (χ0n) is 19.4. The first kappa shape index (κ1) is 22.3. The third kappa shape index (κ3) is 5.62. The molecule has 0 saturated carbocycles. The van der Waals surface area contributed by atoms with E-state index in [9.17, 15) is 0 Å². The molecule has 4 heteroatoms. The zero-order valence-corrected chi connectivity index (χ0v) is 19.4. The fourth-order valence-electron chi connectivity index (χ4n) is 4.27. The minimum atomic E-state index is 0.131. The molecule has 0 unspecified atom stereocenters. The molecule has 2 aromatic heterocycles. The first-order valence-electron chi connectivity index (χ1n) is 11.0. The molecule has 0 amide bonds. The molecular formula is C26H34B2N2. The van der Waals surface area contributed by atoms with Gasteiger partial charge in [0.2, 0.25) is 13.4 Å². The van der Waals surface area contributed by atoms with Crippen molar-refractivity contribution in [1.82, 2.24) is 9.97 Å². The lowest BCUT2D eigenvalue weighted by Crippen LogP contribution is -2.44. The van der Waals surface area contributed by atoms with E-state index in [4.69, 9.17) is 9.97 Å². The summed E-state index contributed by atoms with van der Waals surface area (Å²) < 4.78 is 0. The van der Waals surface area contributed by atoms with E-state index in [2.05, 4.69) is 90.1 Å². The minimum Gasteiger partial charge on any atom is -0.271 e. The van der Waals surface area contributed by atoms with Crippen molar-refractivity contribution in [3.8, 4) is 0 Å². The Hall–Kier alpha value is -2.35. The summed E-state index contributed by atoms with van der Waals surface area (Å²) in [7, 11) is 0. The molecule has 0 N–H and O–H groups in total. The summed E-state index contributed by atoms with van der Waals surface area (Å²) in [6, 6.07) is 21.5. The van der Waals surface area contributed by atoms with Gasteiger partial charge in [-0.2, -0.15) is 0 Å². The molecule has 0 bridgehead atoms. The summed E-state index contributed by atoms with van der Waals surface area (Å²) in [5.41, 5.74) is 5.20. The van der Waals surface area contributed by atoms with E-state index in [1.807, 2.05) is 24.5 Å². The molecule has 0 aliphatic rings. The molecule has 0 radical (unpaired) electrons. The van der Waals surface area contributed by atoms with Gasteiger partial charge in [-0.1, -0.05) is 99.7 Å². The Balaban J connectivity index is 1.95. The summed E-state index contributed by atoms with van der Waals surface area (Å²) in [6.45, 7) is 14.6. The molecule has 0 saturated heterocycles. The van der Waals surface area contributed by atoms with Crippen molar-refractivity contribution in [1.29, 1.82) is 0 Å². The molecule has 0 spiro atoms. The Morgan fingerprint density at radius 2 is 0.933 bits per heavy atom.